The van der Waals surface area contributed by atoms with E-state index in [1.54, 1.807) is 12.1 Å². The van der Waals surface area contributed by atoms with Crippen LogP contribution in [0.3, 0.4) is 0 Å². The summed E-state index contributed by atoms with van der Waals surface area (Å²) in [5, 5.41) is 11.2. The highest BCUT2D eigenvalue weighted by molar-refractivity contribution is 6.29. The van der Waals surface area contributed by atoms with Crippen LogP contribution in [0.5, 0.6) is 5.75 Å². The van der Waals surface area contributed by atoms with E-state index in [0.717, 1.165) is 6.20 Å². The molecule has 0 atom stereocenters. The summed E-state index contributed by atoms with van der Waals surface area (Å²) in [6.45, 7) is 0.830. The lowest BCUT2D eigenvalue weighted by Crippen LogP contribution is -2.28. The molecule has 3 aromatic rings. The van der Waals surface area contributed by atoms with Crippen molar-refractivity contribution in [1.82, 2.24) is 15.0 Å². The lowest BCUT2D eigenvalue weighted by atomic mass is 10.1. The standard InChI is InChI=1S/C17H11ClFN5O3/c18-16-6-11(12(19)8-22-16)13-7-14-15(9-21-13)27-4-3-23(14)10-1-2-20-17(5-10)24(25)26/h1-2,5-9H,3-4H2. The van der Waals surface area contributed by atoms with Gasteiger partial charge in [0.15, 0.2) is 11.6 Å². The first-order valence-corrected chi connectivity index (χ1v) is 8.23. The zero-order valence-electron chi connectivity index (χ0n) is 13.7. The van der Waals surface area contributed by atoms with E-state index in [1.165, 1.54) is 24.5 Å². The maximum absolute atomic E-state index is 14.2. The Morgan fingerprint density at radius 2 is 2.07 bits per heavy atom. The molecule has 1 aliphatic rings. The van der Waals surface area contributed by atoms with Crippen LogP contribution in [0.1, 0.15) is 0 Å². The van der Waals surface area contributed by atoms with E-state index < -0.39 is 10.7 Å². The first-order valence-electron chi connectivity index (χ1n) is 7.85. The highest BCUT2D eigenvalue weighted by atomic mass is 35.5. The molecule has 0 bridgehead atoms. The Balaban J connectivity index is 1.81. The van der Waals surface area contributed by atoms with E-state index in [2.05, 4.69) is 15.0 Å². The van der Waals surface area contributed by atoms with Crippen LogP contribution < -0.4 is 9.64 Å². The quantitative estimate of drug-likeness (QED) is 0.383. The molecular formula is C17H11ClFN5O3. The largest absolute Gasteiger partial charge is 0.488 e. The predicted octanol–water partition coefficient (Wildman–Crippen LogP) is 3.77. The van der Waals surface area contributed by atoms with E-state index in [0.29, 0.717) is 36.0 Å². The molecular weight excluding hydrogens is 377 g/mol. The molecule has 0 fully saturated rings. The van der Waals surface area contributed by atoms with Gasteiger partial charge in [0, 0.05) is 11.6 Å². The Kier molecular flexibility index (Phi) is 4.28. The number of halogens is 2. The Bertz CT molecular complexity index is 1050. The number of rotatable bonds is 3. The SMILES string of the molecule is O=[N+]([O-])c1cc(N2CCOc3cnc(-c4cc(Cl)ncc4F)cc32)ccn1. The molecule has 0 radical (unpaired) electrons. The molecule has 136 valence electrons. The van der Waals surface area contributed by atoms with E-state index in [1.807, 2.05) is 4.90 Å². The lowest BCUT2D eigenvalue weighted by molar-refractivity contribution is -0.389. The summed E-state index contributed by atoms with van der Waals surface area (Å²) >= 11 is 5.87. The van der Waals surface area contributed by atoms with Crippen LogP contribution in [0.15, 0.2) is 42.9 Å². The fourth-order valence-corrected chi connectivity index (χ4v) is 2.98. The topological polar surface area (TPSA) is 94.3 Å². The van der Waals surface area contributed by atoms with Crippen LogP contribution in [0.4, 0.5) is 21.6 Å². The molecule has 10 heteroatoms. The van der Waals surface area contributed by atoms with Gasteiger partial charge in [-0.15, -0.1) is 0 Å². The molecule has 4 rings (SSSR count). The Hall–Kier alpha value is -3.33. The zero-order chi connectivity index (χ0) is 19.0. The Morgan fingerprint density at radius 1 is 1.22 bits per heavy atom. The molecule has 0 N–H and O–H groups in total. The van der Waals surface area contributed by atoms with Gasteiger partial charge in [-0.3, -0.25) is 4.98 Å². The van der Waals surface area contributed by atoms with Crippen LogP contribution in [0.2, 0.25) is 5.15 Å². The number of nitrogens with zero attached hydrogens (tertiary/aromatic N) is 5. The van der Waals surface area contributed by atoms with Crippen molar-refractivity contribution in [2.75, 3.05) is 18.1 Å². The van der Waals surface area contributed by atoms with Crippen LogP contribution in [0, 0.1) is 15.9 Å². The normalized spacial score (nSPS) is 13.0. The third-order valence-corrected chi connectivity index (χ3v) is 4.24. The van der Waals surface area contributed by atoms with Gasteiger partial charge >= 0.3 is 5.82 Å². The highest BCUT2D eigenvalue weighted by Crippen LogP contribution is 2.39. The second kappa shape index (κ2) is 6.76. The first kappa shape index (κ1) is 17.1. The van der Waals surface area contributed by atoms with Crippen molar-refractivity contribution in [2.24, 2.45) is 0 Å². The van der Waals surface area contributed by atoms with Crippen molar-refractivity contribution < 1.29 is 14.1 Å². The third-order valence-electron chi connectivity index (χ3n) is 4.04. The van der Waals surface area contributed by atoms with Gasteiger partial charge in [-0.1, -0.05) is 11.6 Å². The van der Waals surface area contributed by atoms with Crippen LogP contribution in [0.25, 0.3) is 11.3 Å². The lowest BCUT2D eigenvalue weighted by Gasteiger charge is -2.31. The van der Waals surface area contributed by atoms with Gasteiger partial charge in [-0.2, -0.15) is 0 Å². The second-order valence-electron chi connectivity index (χ2n) is 5.65. The molecule has 0 aliphatic carbocycles. The van der Waals surface area contributed by atoms with Gasteiger partial charge in [0.05, 0.1) is 42.1 Å². The predicted molar refractivity (Wildman–Crippen MR) is 95.8 cm³/mol. The minimum atomic E-state index is -0.560. The molecule has 0 saturated heterocycles. The van der Waals surface area contributed by atoms with E-state index in [4.69, 9.17) is 16.3 Å². The Morgan fingerprint density at radius 3 is 2.89 bits per heavy atom. The first-order chi connectivity index (χ1) is 13.0. The molecule has 27 heavy (non-hydrogen) atoms. The summed E-state index contributed by atoms with van der Waals surface area (Å²) in [5.74, 6) is -0.332. The van der Waals surface area contributed by atoms with Crippen LogP contribution in [-0.4, -0.2) is 33.0 Å². The highest BCUT2D eigenvalue weighted by Gasteiger charge is 2.23. The summed E-state index contributed by atoms with van der Waals surface area (Å²) < 4.78 is 19.8. The number of ether oxygens (including phenoxy) is 1. The molecule has 0 unspecified atom stereocenters. The van der Waals surface area contributed by atoms with Crippen molar-refractivity contribution in [2.45, 2.75) is 0 Å². The van der Waals surface area contributed by atoms with Gasteiger partial charge in [-0.05, 0) is 22.0 Å². The average Bonchev–Trinajstić information content (AvgIpc) is 2.69. The fraction of sp³-hybridized carbons (Fsp3) is 0.118. The monoisotopic (exact) mass is 387 g/mol. The maximum Gasteiger partial charge on any atom is 0.365 e. The molecule has 0 spiro atoms. The van der Waals surface area contributed by atoms with Gasteiger partial charge < -0.3 is 19.8 Å². The third kappa shape index (κ3) is 3.24. The van der Waals surface area contributed by atoms with Crippen LogP contribution in [-0.2, 0) is 0 Å². The van der Waals surface area contributed by atoms with Gasteiger partial charge in [0.25, 0.3) is 0 Å². The minimum Gasteiger partial charge on any atom is -0.488 e. The number of pyridine rings is 3. The zero-order valence-corrected chi connectivity index (χ0v) is 14.4. The average molecular weight is 388 g/mol. The van der Waals surface area contributed by atoms with Gasteiger partial charge in [0.1, 0.15) is 18.0 Å². The van der Waals surface area contributed by atoms with Crippen LogP contribution >= 0.6 is 11.6 Å². The smallest absolute Gasteiger partial charge is 0.365 e. The molecule has 0 aromatic carbocycles. The van der Waals surface area contributed by atoms with E-state index in [-0.39, 0.29) is 16.5 Å². The summed E-state index contributed by atoms with van der Waals surface area (Å²) in [5.41, 5.74) is 1.73. The number of fused-ring (bicyclic) bond motifs is 1. The summed E-state index contributed by atoms with van der Waals surface area (Å²) in [6, 6.07) is 6.07. The van der Waals surface area contributed by atoms with Gasteiger partial charge in [0.2, 0.25) is 0 Å². The fourth-order valence-electron chi connectivity index (χ4n) is 2.82. The van der Waals surface area contributed by atoms with Crippen molar-refractivity contribution >= 4 is 28.8 Å². The number of hydrogen-bond acceptors (Lipinski definition) is 7. The molecule has 0 saturated carbocycles. The number of aromatic nitrogens is 3. The summed E-state index contributed by atoms with van der Waals surface area (Å²) in [4.78, 5) is 24.0. The summed E-state index contributed by atoms with van der Waals surface area (Å²) in [6.07, 6.45) is 3.88. The number of nitro groups is 1. The van der Waals surface area contributed by atoms with Gasteiger partial charge in [-0.25, -0.2) is 9.37 Å². The van der Waals surface area contributed by atoms with Crippen molar-refractivity contribution in [1.29, 1.82) is 0 Å². The van der Waals surface area contributed by atoms with Crippen molar-refractivity contribution in [3.05, 3.63) is 63.9 Å². The summed E-state index contributed by atoms with van der Waals surface area (Å²) in [7, 11) is 0. The molecule has 8 nitrogen and oxygen atoms in total. The van der Waals surface area contributed by atoms with Crippen molar-refractivity contribution in [3.63, 3.8) is 0 Å². The van der Waals surface area contributed by atoms with Crippen molar-refractivity contribution in [3.8, 4) is 17.0 Å². The second-order valence-corrected chi connectivity index (χ2v) is 6.04. The molecule has 1 aliphatic heterocycles. The number of anilines is 2. The molecule has 3 aromatic heterocycles. The van der Waals surface area contributed by atoms with E-state index >= 15 is 0 Å². The number of hydrogen-bond donors (Lipinski definition) is 0. The maximum atomic E-state index is 14.2. The van der Waals surface area contributed by atoms with E-state index in [9.17, 15) is 14.5 Å². The Labute approximate surface area is 157 Å². The molecule has 0 amide bonds. The minimum absolute atomic E-state index is 0.142. The molecule has 4 heterocycles.